The number of aromatic amines is 1. The zero-order valence-electron chi connectivity index (χ0n) is 18.1. The first-order chi connectivity index (χ1) is 15.0. The molecule has 0 unspecified atom stereocenters. The number of sulfone groups is 1. The Morgan fingerprint density at radius 1 is 1.12 bits per heavy atom. The summed E-state index contributed by atoms with van der Waals surface area (Å²) in [5, 5.41) is 7.46. The number of halogens is 2. The van der Waals surface area contributed by atoms with Gasteiger partial charge in [0.15, 0.2) is 15.8 Å². The first-order valence-electron chi connectivity index (χ1n) is 10.5. The molecule has 0 fully saturated rings. The summed E-state index contributed by atoms with van der Waals surface area (Å²) < 4.78 is 37.9. The van der Waals surface area contributed by atoms with Crippen LogP contribution >= 0.6 is 24.0 Å². The fourth-order valence-electron chi connectivity index (χ4n) is 3.40. The largest absolute Gasteiger partial charge is 0.361 e. The van der Waals surface area contributed by atoms with Gasteiger partial charge in [-0.15, -0.1) is 24.0 Å². The highest BCUT2D eigenvalue weighted by Gasteiger charge is 2.11. The summed E-state index contributed by atoms with van der Waals surface area (Å²) in [6, 6.07) is 14.0. The molecule has 0 aliphatic carbocycles. The van der Waals surface area contributed by atoms with E-state index in [0.29, 0.717) is 32.0 Å². The topological polar surface area (TPSA) is 86.3 Å². The molecule has 0 aliphatic rings. The fourth-order valence-corrected chi connectivity index (χ4v) is 4.81. The van der Waals surface area contributed by atoms with Crippen LogP contribution in [0.4, 0.5) is 4.39 Å². The summed E-state index contributed by atoms with van der Waals surface area (Å²) in [6.07, 6.45) is 3.12. The summed E-state index contributed by atoms with van der Waals surface area (Å²) in [7, 11) is -3.16. The number of aliphatic imine (C=N–C) groups is 1. The highest BCUT2D eigenvalue weighted by molar-refractivity contribution is 14.0. The van der Waals surface area contributed by atoms with Crippen LogP contribution in [0, 0.1) is 5.82 Å². The van der Waals surface area contributed by atoms with E-state index in [2.05, 4.69) is 20.6 Å². The zero-order valence-corrected chi connectivity index (χ0v) is 21.3. The van der Waals surface area contributed by atoms with E-state index in [1.165, 1.54) is 12.1 Å². The molecule has 1 heterocycles. The standard InChI is InChI=1S/C23H29FN4O2S.HI/c1-2-25-23(26-12-6-14-31(29,30)17-18-7-4-3-5-8-18)27-13-11-19-16-28-22-15-20(24)9-10-21(19)22;/h3-5,7-10,15-16,28H,2,6,11-14,17H2,1H3,(H2,25,26,27);1H. The number of nitrogens with zero attached hydrogens (tertiary/aromatic N) is 1. The molecule has 0 amide bonds. The van der Waals surface area contributed by atoms with Crippen molar-refractivity contribution < 1.29 is 12.8 Å². The summed E-state index contributed by atoms with van der Waals surface area (Å²) in [5.41, 5.74) is 2.69. The first-order valence-corrected chi connectivity index (χ1v) is 12.3. The molecular weight excluding hydrogens is 542 g/mol. The smallest absolute Gasteiger partial charge is 0.191 e. The number of guanidine groups is 1. The second-order valence-corrected chi connectivity index (χ2v) is 9.56. The van der Waals surface area contributed by atoms with Gasteiger partial charge in [-0.05, 0) is 49.1 Å². The Morgan fingerprint density at radius 2 is 1.91 bits per heavy atom. The second kappa shape index (κ2) is 12.8. The van der Waals surface area contributed by atoms with Crippen LogP contribution < -0.4 is 10.6 Å². The van der Waals surface area contributed by atoms with E-state index in [4.69, 9.17) is 0 Å². The third-order valence-electron chi connectivity index (χ3n) is 4.87. The molecule has 0 saturated heterocycles. The van der Waals surface area contributed by atoms with Crippen molar-refractivity contribution >= 4 is 50.7 Å². The van der Waals surface area contributed by atoms with Crippen LogP contribution in [0.3, 0.4) is 0 Å². The molecule has 1 aromatic heterocycles. The third-order valence-corrected chi connectivity index (χ3v) is 6.56. The van der Waals surface area contributed by atoms with Crippen LogP contribution in [-0.4, -0.2) is 44.7 Å². The van der Waals surface area contributed by atoms with E-state index < -0.39 is 9.84 Å². The molecule has 2 aromatic carbocycles. The summed E-state index contributed by atoms with van der Waals surface area (Å²) in [4.78, 5) is 7.58. The van der Waals surface area contributed by atoms with Crippen LogP contribution in [-0.2, 0) is 22.0 Å². The lowest BCUT2D eigenvalue weighted by Gasteiger charge is -2.11. The molecule has 174 valence electrons. The normalized spacial score (nSPS) is 11.9. The van der Waals surface area contributed by atoms with Crippen molar-refractivity contribution in [2.24, 2.45) is 4.99 Å². The third kappa shape index (κ3) is 8.09. The molecule has 32 heavy (non-hydrogen) atoms. The van der Waals surface area contributed by atoms with E-state index in [0.717, 1.165) is 28.5 Å². The molecule has 0 bridgehead atoms. The number of fused-ring (bicyclic) bond motifs is 1. The number of aromatic nitrogens is 1. The number of H-pyrrole nitrogens is 1. The van der Waals surface area contributed by atoms with Gasteiger partial charge in [0.05, 0.1) is 11.5 Å². The molecule has 6 nitrogen and oxygen atoms in total. The van der Waals surface area contributed by atoms with E-state index in [1.807, 2.05) is 43.5 Å². The Balaban J connectivity index is 0.00000363. The maximum Gasteiger partial charge on any atom is 0.191 e. The number of rotatable bonds is 10. The van der Waals surface area contributed by atoms with Gasteiger partial charge in [0.1, 0.15) is 5.82 Å². The molecule has 3 rings (SSSR count). The van der Waals surface area contributed by atoms with Crippen LogP contribution in [0.25, 0.3) is 10.9 Å². The van der Waals surface area contributed by atoms with E-state index >= 15 is 0 Å². The monoisotopic (exact) mass is 572 g/mol. The lowest BCUT2D eigenvalue weighted by molar-refractivity contribution is 0.592. The second-order valence-electron chi connectivity index (χ2n) is 7.37. The molecule has 3 N–H and O–H groups in total. The van der Waals surface area contributed by atoms with Gasteiger partial charge in [0, 0.05) is 36.7 Å². The van der Waals surface area contributed by atoms with Crippen LogP contribution in [0.1, 0.15) is 24.5 Å². The Hall–Kier alpha value is -2.14. The lowest BCUT2D eigenvalue weighted by Crippen LogP contribution is -2.38. The van der Waals surface area contributed by atoms with Crippen molar-refractivity contribution in [3.8, 4) is 0 Å². The van der Waals surface area contributed by atoms with Crippen molar-refractivity contribution in [2.75, 3.05) is 25.4 Å². The van der Waals surface area contributed by atoms with E-state index in [-0.39, 0.29) is 41.3 Å². The predicted octanol–water partition coefficient (Wildman–Crippen LogP) is 4.03. The highest BCUT2D eigenvalue weighted by atomic mass is 127. The lowest BCUT2D eigenvalue weighted by atomic mass is 10.1. The Morgan fingerprint density at radius 3 is 2.66 bits per heavy atom. The van der Waals surface area contributed by atoms with Gasteiger partial charge in [-0.2, -0.15) is 0 Å². The predicted molar refractivity (Wildman–Crippen MR) is 140 cm³/mol. The van der Waals surface area contributed by atoms with Crippen LogP contribution in [0.5, 0.6) is 0 Å². The van der Waals surface area contributed by atoms with Gasteiger partial charge >= 0.3 is 0 Å². The highest BCUT2D eigenvalue weighted by Crippen LogP contribution is 2.19. The Kier molecular flexibility index (Phi) is 10.4. The molecule has 0 spiro atoms. The van der Waals surface area contributed by atoms with Crippen LogP contribution in [0.15, 0.2) is 59.7 Å². The maximum absolute atomic E-state index is 13.3. The number of hydrogen-bond acceptors (Lipinski definition) is 3. The van der Waals surface area contributed by atoms with Crippen molar-refractivity contribution in [3.63, 3.8) is 0 Å². The van der Waals surface area contributed by atoms with Crippen LogP contribution in [0.2, 0.25) is 0 Å². The van der Waals surface area contributed by atoms with Crippen molar-refractivity contribution in [1.29, 1.82) is 0 Å². The molecule has 9 heteroatoms. The van der Waals surface area contributed by atoms with Crippen molar-refractivity contribution in [3.05, 3.63) is 71.7 Å². The number of hydrogen-bond donors (Lipinski definition) is 3. The van der Waals surface area contributed by atoms with Gasteiger partial charge in [-0.1, -0.05) is 30.3 Å². The summed E-state index contributed by atoms with van der Waals surface area (Å²) >= 11 is 0. The molecule has 3 aromatic rings. The average Bonchev–Trinajstić information content (AvgIpc) is 3.13. The quantitative estimate of drug-likeness (QED) is 0.148. The van der Waals surface area contributed by atoms with Crippen molar-refractivity contribution in [1.82, 2.24) is 15.6 Å². The minimum absolute atomic E-state index is 0. The molecule has 0 aliphatic heterocycles. The van der Waals surface area contributed by atoms with Gasteiger partial charge in [0.2, 0.25) is 0 Å². The Bertz CT molecular complexity index is 1120. The minimum Gasteiger partial charge on any atom is -0.361 e. The average molecular weight is 572 g/mol. The van der Waals surface area contributed by atoms with Gasteiger partial charge in [-0.3, -0.25) is 4.99 Å². The summed E-state index contributed by atoms with van der Waals surface area (Å²) in [6.45, 7) is 3.78. The Labute approximate surface area is 206 Å². The fraction of sp³-hybridized carbons (Fsp3) is 0.348. The van der Waals surface area contributed by atoms with Gasteiger partial charge < -0.3 is 15.6 Å². The molecule has 0 atom stereocenters. The van der Waals surface area contributed by atoms with Gasteiger partial charge in [0.25, 0.3) is 0 Å². The number of benzene rings is 2. The first kappa shape index (κ1) is 26.1. The van der Waals surface area contributed by atoms with E-state index in [1.54, 1.807) is 6.07 Å². The molecular formula is C23H30FIN4O2S. The van der Waals surface area contributed by atoms with Gasteiger partial charge in [-0.25, -0.2) is 12.8 Å². The zero-order chi connectivity index (χ0) is 22.1. The molecule has 0 radical (unpaired) electrons. The SMILES string of the molecule is CCNC(=NCCCS(=O)(=O)Cc1ccccc1)NCCc1c[nH]c2cc(F)ccc12.I. The van der Waals surface area contributed by atoms with Crippen molar-refractivity contribution in [2.45, 2.75) is 25.5 Å². The maximum atomic E-state index is 13.3. The van der Waals surface area contributed by atoms with E-state index in [9.17, 15) is 12.8 Å². The molecule has 0 saturated carbocycles. The minimum atomic E-state index is -3.16. The number of nitrogens with one attached hydrogen (secondary N) is 3. The summed E-state index contributed by atoms with van der Waals surface area (Å²) in [5.74, 6) is 0.571.